The molecular weight excluding hydrogens is 371 g/mol. The molecular formula is C23H21FN2O3. The lowest BCUT2D eigenvalue weighted by atomic mass is 9.82. The number of hydrogen-bond acceptors (Lipinski definition) is 5. The quantitative estimate of drug-likeness (QED) is 0.777. The molecule has 1 unspecified atom stereocenters. The molecule has 5 nitrogen and oxygen atoms in total. The summed E-state index contributed by atoms with van der Waals surface area (Å²) in [7, 11) is 0. The van der Waals surface area contributed by atoms with E-state index < -0.39 is 11.9 Å². The minimum Gasteiger partial charge on any atom is -0.463 e. The SMILES string of the molecule is CCOC(=O)C1=C(C)OC(N)=C(C#N)C1c1cccc(-c2ccc(C)c(F)c2)c1. The van der Waals surface area contributed by atoms with E-state index in [2.05, 4.69) is 6.07 Å². The summed E-state index contributed by atoms with van der Waals surface area (Å²) in [6.07, 6.45) is 0. The Morgan fingerprint density at radius 1 is 1.24 bits per heavy atom. The first-order chi connectivity index (χ1) is 13.9. The van der Waals surface area contributed by atoms with Gasteiger partial charge in [-0.05, 0) is 49.1 Å². The molecule has 0 amide bonds. The maximum Gasteiger partial charge on any atom is 0.338 e. The number of esters is 1. The van der Waals surface area contributed by atoms with Gasteiger partial charge in [0.2, 0.25) is 5.88 Å². The van der Waals surface area contributed by atoms with Crippen LogP contribution < -0.4 is 5.73 Å². The van der Waals surface area contributed by atoms with E-state index in [0.29, 0.717) is 16.7 Å². The number of allylic oxidation sites excluding steroid dienone is 2. The van der Waals surface area contributed by atoms with E-state index in [-0.39, 0.29) is 35.2 Å². The number of rotatable bonds is 4. The Balaban J connectivity index is 2.15. The second kappa shape index (κ2) is 8.19. The van der Waals surface area contributed by atoms with Crippen LogP contribution in [-0.4, -0.2) is 12.6 Å². The zero-order chi connectivity index (χ0) is 21.1. The molecule has 0 saturated carbocycles. The number of aryl methyl sites for hydroxylation is 1. The van der Waals surface area contributed by atoms with Crippen molar-refractivity contribution >= 4 is 5.97 Å². The number of nitrogens with two attached hydrogens (primary N) is 1. The Kier molecular flexibility index (Phi) is 5.69. The number of carbonyl (C=O) groups is 1. The average molecular weight is 392 g/mol. The maximum atomic E-state index is 14.0. The van der Waals surface area contributed by atoms with Crippen LogP contribution in [0.3, 0.4) is 0 Å². The molecule has 1 aliphatic rings. The summed E-state index contributed by atoms with van der Waals surface area (Å²) in [4.78, 5) is 12.6. The van der Waals surface area contributed by atoms with E-state index in [4.69, 9.17) is 15.2 Å². The van der Waals surface area contributed by atoms with E-state index in [1.54, 1.807) is 39.0 Å². The van der Waals surface area contributed by atoms with Crippen LogP contribution in [0, 0.1) is 24.1 Å². The fraction of sp³-hybridized carbons (Fsp3) is 0.217. The van der Waals surface area contributed by atoms with E-state index in [9.17, 15) is 14.4 Å². The highest BCUT2D eigenvalue weighted by atomic mass is 19.1. The monoisotopic (exact) mass is 392 g/mol. The van der Waals surface area contributed by atoms with E-state index in [1.165, 1.54) is 6.07 Å². The van der Waals surface area contributed by atoms with E-state index >= 15 is 0 Å². The van der Waals surface area contributed by atoms with Crippen LogP contribution in [0.25, 0.3) is 11.1 Å². The molecule has 1 atom stereocenters. The Morgan fingerprint density at radius 3 is 2.62 bits per heavy atom. The summed E-state index contributed by atoms with van der Waals surface area (Å²) in [5.74, 6) is -1.36. The fourth-order valence-electron chi connectivity index (χ4n) is 3.36. The number of carbonyl (C=O) groups excluding carboxylic acids is 1. The molecule has 29 heavy (non-hydrogen) atoms. The Labute approximate surface area is 168 Å². The largest absolute Gasteiger partial charge is 0.463 e. The normalized spacial score (nSPS) is 16.3. The summed E-state index contributed by atoms with van der Waals surface area (Å²) >= 11 is 0. The summed E-state index contributed by atoms with van der Waals surface area (Å²) in [6, 6.07) is 14.3. The minimum absolute atomic E-state index is 0.0465. The second-order valence-corrected chi connectivity index (χ2v) is 6.70. The van der Waals surface area contributed by atoms with Gasteiger partial charge < -0.3 is 15.2 Å². The molecule has 0 aliphatic carbocycles. The van der Waals surface area contributed by atoms with Gasteiger partial charge in [-0.2, -0.15) is 5.26 Å². The van der Waals surface area contributed by atoms with Gasteiger partial charge in [0.15, 0.2) is 0 Å². The Morgan fingerprint density at radius 2 is 1.97 bits per heavy atom. The molecule has 0 radical (unpaired) electrons. The van der Waals surface area contributed by atoms with Gasteiger partial charge in [-0.1, -0.05) is 36.4 Å². The van der Waals surface area contributed by atoms with Gasteiger partial charge in [-0.15, -0.1) is 0 Å². The van der Waals surface area contributed by atoms with Gasteiger partial charge in [0, 0.05) is 0 Å². The van der Waals surface area contributed by atoms with Crippen molar-refractivity contribution in [3.63, 3.8) is 0 Å². The molecule has 2 aromatic carbocycles. The second-order valence-electron chi connectivity index (χ2n) is 6.70. The molecule has 2 N–H and O–H groups in total. The van der Waals surface area contributed by atoms with Crippen LogP contribution in [0.1, 0.15) is 30.9 Å². The molecule has 6 heteroatoms. The third-order valence-electron chi connectivity index (χ3n) is 4.83. The zero-order valence-corrected chi connectivity index (χ0v) is 16.5. The van der Waals surface area contributed by atoms with Crippen LogP contribution in [0.4, 0.5) is 4.39 Å². The molecule has 0 fully saturated rings. The predicted molar refractivity (Wildman–Crippen MR) is 107 cm³/mol. The third kappa shape index (κ3) is 3.85. The van der Waals surface area contributed by atoms with Gasteiger partial charge in [0.25, 0.3) is 0 Å². The summed E-state index contributed by atoms with van der Waals surface area (Å²) in [5.41, 5.74) is 8.95. The van der Waals surface area contributed by atoms with Crippen LogP contribution in [0.5, 0.6) is 0 Å². The van der Waals surface area contributed by atoms with Crippen molar-refractivity contribution < 1.29 is 18.7 Å². The number of hydrogen-bond donors (Lipinski definition) is 1. The Hall–Kier alpha value is -3.59. The Bertz CT molecular complexity index is 1080. The van der Waals surface area contributed by atoms with Gasteiger partial charge in [-0.25, -0.2) is 9.18 Å². The number of ether oxygens (including phenoxy) is 2. The molecule has 0 bridgehead atoms. The van der Waals surface area contributed by atoms with Crippen molar-refractivity contribution in [2.24, 2.45) is 5.73 Å². The summed E-state index contributed by atoms with van der Waals surface area (Å²) in [6.45, 7) is 5.20. The smallest absolute Gasteiger partial charge is 0.338 e. The zero-order valence-electron chi connectivity index (χ0n) is 16.5. The van der Waals surface area contributed by atoms with Crippen LogP contribution in [0.2, 0.25) is 0 Å². The van der Waals surface area contributed by atoms with Crippen molar-refractivity contribution in [1.82, 2.24) is 0 Å². The standard InChI is InChI=1S/C23H21FN2O3/c1-4-28-23(27)20-14(3)29-22(26)18(12-25)21(20)17-7-5-6-15(10-17)16-9-8-13(2)19(24)11-16/h5-11,21H,4,26H2,1-3H3. The lowest BCUT2D eigenvalue weighted by Gasteiger charge is -2.27. The van der Waals surface area contributed by atoms with Crippen LogP contribution >= 0.6 is 0 Å². The predicted octanol–water partition coefficient (Wildman–Crippen LogP) is 4.45. The highest BCUT2D eigenvalue weighted by Gasteiger charge is 2.36. The van der Waals surface area contributed by atoms with E-state index in [0.717, 1.165) is 5.56 Å². The molecule has 148 valence electrons. The van der Waals surface area contributed by atoms with Crippen molar-refractivity contribution in [2.75, 3.05) is 6.61 Å². The highest BCUT2D eigenvalue weighted by Crippen LogP contribution is 2.40. The van der Waals surface area contributed by atoms with Crippen LogP contribution in [0.15, 0.2) is 65.3 Å². The highest BCUT2D eigenvalue weighted by molar-refractivity contribution is 5.92. The van der Waals surface area contributed by atoms with Crippen molar-refractivity contribution in [2.45, 2.75) is 26.7 Å². The van der Waals surface area contributed by atoms with E-state index in [1.807, 2.05) is 18.2 Å². The lowest BCUT2D eigenvalue weighted by Crippen LogP contribution is -2.25. The van der Waals surface area contributed by atoms with Crippen molar-refractivity contribution in [3.05, 3.63) is 82.2 Å². The molecule has 0 aromatic heterocycles. The average Bonchev–Trinajstić information content (AvgIpc) is 2.69. The summed E-state index contributed by atoms with van der Waals surface area (Å²) < 4.78 is 24.6. The molecule has 0 spiro atoms. The van der Waals surface area contributed by atoms with Crippen molar-refractivity contribution in [1.29, 1.82) is 5.26 Å². The molecule has 0 saturated heterocycles. The van der Waals surface area contributed by atoms with Crippen molar-refractivity contribution in [3.8, 4) is 17.2 Å². The van der Waals surface area contributed by atoms with Gasteiger partial charge in [-0.3, -0.25) is 0 Å². The first-order valence-electron chi connectivity index (χ1n) is 9.19. The number of benzene rings is 2. The third-order valence-corrected chi connectivity index (χ3v) is 4.83. The molecule has 1 heterocycles. The molecule has 2 aromatic rings. The first kappa shape index (κ1) is 20.2. The number of nitriles is 1. The minimum atomic E-state index is -0.733. The summed E-state index contributed by atoms with van der Waals surface area (Å²) in [5, 5.41) is 9.67. The van der Waals surface area contributed by atoms with Gasteiger partial charge in [0.1, 0.15) is 23.2 Å². The van der Waals surface area contributed by atoms with Gasteiger partial charge in [0.05, 0.1) is 18.1 Å². The fourth-order valence-corrected chi connectivity index (χ4v) is 3.36. The van der Waals surface area contributed by atoms with Gasteiger partial charge >= 0.3 is 5.97 Å². The van der Waals surface area contributed by atoms with Crippen LogP contribution in [-0.2, 0) is 14.3 Å². The molecule has 1 aliphatic heterocycles. The maximum absolute atomic E-state index is 14.0. The lowest BCUT2D eigenvalue weighted by molar-refractivity contribution is -0.139. The topological polar surface area (TPSA) is 85.3 Å². The number of halogens is 1. The first-order valence-corrected chi connectivity index (χ1v) is 9.19. The number of nitrogens with zero attached hydrogens (tertiary/aromatic N) is 1. The molecule has 3 rings (SSSR count).